The Hall–Kier alpha value is -1.59. The van der Waals surface area contributed by atoms with Crippen molar-refractivity contribution in [2.45, 2.75) is 19.6 Å². The summed E-state index contributed by atoms with van der Waals surface area (Å²) >= 11 is 3.35. The molecule has 1 N–H and O–H groups in total. The van der Waals surface area contributed by atoms with Crippen molar-refractivity contribution in [3.8, 4) is 11.5 Å². The summed E-state index contributed by atoms with van der Waals surface area (Å²) in [6, 6.07) is 9.96. The molecule has 5 heteroatoms. The molecule has 2 rings (SSSR count). The highest BCUT2D eigenvalue weighted by Crippen LogP contribution is 2.29. The second-order valence-corrected chi connectivity index (χ2v) is 5.52. The Morgan fingerprint density at radius 3 is 2.62 bits per heavy atom. The van der Waals surface area contributed by atoms with Gasteiger partial charge in [-0.1, -0.05) is 22.0 Å². The number of rotatable bonds is 5. The van der Waals surface area contributed by atoms with E-state index in [2.05, 4.69) is 15.9 Å². The van der Waals surface area contributed by atoms with Gasteiger partial charge in [0.05, 0.1) is 13.2 Å². The van der Waals surface area contributed by atoms with Gasteiger partial charge in [-0.15, -0.1) is 0 Å². The van der Waals surface area contributed by atoms with E-state index in [0.717, 1.165) is 4.47 Å². The zero-order valence-corrected chi connectivity index (χ0v) is 13.4. The Labute approximate surface area is 131 Å². The third kappa shape index (κ3) is 3.95. The highest BCUT2D eigenvalue weighted by Gasteiger charge is 2.11. The van der Waals surface area contributed by atoms with Crippen molar-refractivity contribution in [1.82, 2.24) is 0 Å². The van der Waals surface area contributed by atoms with Crippen molar-refractivity contribution < 1.29 is 19.0 Å². The predicted molar refractivity (Wildman–Crippen MR) is 82.1 cm³/mol. The minimum Gasteiger partial charge on any atom is -0.497 e. The molecule has 112 valence electrons. The number of hydrogen-bond donors (Lipinski definition) is 1. The molecule has 0 amide bonds. The number of methoxy groups -OCH3 is 1. The molecular weight excluding hydrogens is 339 g/mol. The van der Waals surface area contributed by atoms with Gasteiger partial charge in [0.15, 0.2) is 0 Å². The van der Waals surface area contributed by atoms with E-state index in [-0.39, 0.29) is 12.4 Å². The molecule has 0 heterocycles. The van der Waals surface area contributed by atoms with Crippen LogP contribution >= 0.6 is 15.9 Å². The van der Waals surface area contributed by atoms with Crippen molar-refractivity contribution in [2.24, 2.45) is 0 Å². The fourth-order valence-electron chi connectivity index (χ4n) is 1.91. The first-order valence-electron chi connectivity index (χ1n) is 6.44. The molecule has 0 aliphatic carbocycles. The molecule has 0 fully saturated rings. The van der Waals surface area contributed by atoms with Crippen molar-refractivity contribution in [3.05, 3.63) is 57.8 Å². The summed E-state index contributed by atoms with van der Waals surface area (Å²) in [4.78, 5) is 0. The van der Waals surface area contributed by atoms with Gasteiger partial charge < -0.3 is 14.6 Å². The van der Waals surface area contributed by atoms with E-state index >= 15 is 0 Å². The predicted octanol–water partition coefficient (Wildman–Crippen LogP) is 4.23. The Balaban J connectivity index is 2.18. The first-order chi connectivity index (χ1) is 10.0. The van der Waals surface area contributed by atoms with Crippen LogP contribution in [0.15, 0.2) is 40.9 Å². The van der Waals surface area contributed by atoms with Crippen LogP contribution in [0.4, 0.5) is 4.39 Å². The minimum absolute atomic E-state index is 0.0754. The lowest BCUT2D eigenvalue weighted by Gasteiger charge is -2.14. The molecule has 2 aromatic rings. The standard InChI is InChI=1S/C16H16BrFO3/c1-10(19)14-6-4-12(17)7-16(14)21-9-11-3-5-13(20-2)8-15(11)18/h3-8,10,19H,9H2,1-2H3. The summed E-state index contributed by atoms with van der Waals surface area (Å²) in [5, 5.41) is 9.73. The SMILES string of the molecule is COc1ccc(COc2cc(Br)ccc2C(C)O)c(F)c1. The molecule has 0 bridgehead atoms. The van der Waals surface area contributed by atoms with Crippen LogP contribution in [-0.4, -0.2) is 12.2 Å². The largest absolute Gasteiger partial charge is 0.497 e. The summed E-state index contributed by atoms with van der Waals surface area (Å²) in [6.45, 7) is 1.73. The summed E-state index contributed by atoms with van der Waals surface area (Å²) < 4.78 is 25.3. The molecule has 2 aromatic carbocycles. The molecule has 0 spiro atoms. The molecule has 0 aromatic heterocycles. The van der Waals surface area contributed by atoms with E-state index in [0.29, 0.717) is 22.6 Å². The molecule has 0 saturated carbocycles. The number of ether oxygens (including phenoxy) is 2. The van der Waals surface area contributed by atoms with Gasteiger partial charge >= 0.3 is 0 Å². The normalized spacial score (nSPS) is 12.0. The number of aliphatic hydroxyl groups is 1. The number of halogens is 2. The third-order valence-corrected chi connectivity index (χ3v) is 3.56. The fourth-order valence-corrected chi connectivity index (χ4v) is 2.25. The molecule has 0 saturated heterocycles. The summed E-state index contributed by atoms with van der Waals surface area (Å²) in [7, 11) is 1.49. The van der Waals surface area contributed by atoms with Crippen LogP contribution in [0, 0.1) is 5.82 Å². The van der Waals surface area contributed by atoms with Gasteiger partial charge in [0.2, 0.25) is 0 Å². The van der Waals surface area contributed by atoms with Crippen LogP contribution in [0.5, 0.6) is 11.5 Å². The maximum atomic E-state index is 13.9. The van der Waals surface area contributed by atoms with Gasteiger partial charge in [-0.05, 0) is 31.2 Å². The molecule has 1 atom stereocenters. The molecular formula is C16H16BrFO3. The zero-order valence-electron chi connectivity index (χ0n) is 11.8. The van der Waals surface area contributed by atoms with Gasteiger partial charge in [-0.25, -0.2) is 4.39 Å². The highest BCUT2D eigenvalue weighted by molar-refractivity contribution is 9.10. The van der Waals surface area contributed by atoms with Crippen molar-refractivity contribution >= 4 is 15.9 Å². The van der Waals surface area contributed by atoms with Crippen molar-refractivity contribution in [3.63, 3.8) is 0 Å². The average molecular weight is 355 g/mol. The zero-order chi connectivity index (χ0) is 15.4. The lowest BCUT2D eigenvalue weighted by atomic mass is 10.1. The van der Waals surface area contributed by atoms with E-state index < -0.39 is 6.10 Å². The van der Waals surface area contributed by atoms with E-state index in [9.17, 15) is 9.50 Å². The lowest BCUT2D eigenvalue weighted by molar-refractivity contribution is 0.190. The molecule has 1 unspecified atom stereocenters. The van der Waals surface area contributed by atoms with Crippen LogP contribution in [-0.2, 0) is 6.61 Å². The Kier molecular flexibility index (Phi) is 5.20. The number of hydrogen-bond acceptors (Lipinski definition) is 3. The van der Waals surface area contributed by atoms with E-state index in [1.165, 1.54) is 13.2 Å². The van der Waals surface area contributed by atoms with Gasteiger partial charge in [0.25, 0.3) is 0 Å². The lowest BCUT2D eigenvalue weighted by Crippen LogP contribution is -2.03. The molecule has 0 radical (unpaired) electrons. The quantitative estimate of drug-likeness (QED) is 0.873. The maximum Gasteiger partial charge on any atom is 0.133 e. The number of aliphatic hydroxyl groups excluding tert-OH is 1. The molecule has 0 aliphatic rings. The Morgan fingerprint density at radius 2 is 2.00 bits per heavy atom. The summed E-state index contributed by atoms with van der Waals surface area (Å²) in [5.74, 6) is 0.598. The monoisotopic (exact) mass is 354 g/mol. The highest BCUT2D eigenvalue weighted by atomic mass is 79.9. The van der Waals surface area contributed by atoms with Crippen molar-refractivity contribution in [1.29, 1.82) is 0 Å². The topological polar surface area (TPSA) is 38.7 Å². The minimum atomic E-state index is -0.659. The van der Waals surface area contributed by atoms with Gasteiger partial charge in [0, 0.05) is 21.7 Å². The molecule has 3 nitrogen and oxygen atoms in total. The van der Waals surface area contributed by atoms with Gasteiger partial charge in [-0.3, -0.25) is 0 Å². The van der Waals surface area contributed by atoms with Crippen molar-refractivity contribution in [2.75, 3.05) is 7.11 Å². The second-order valence-electron chi connectivity index (χ2n) is 4.60. The van der Waals surface area contributed by atoms with E-state index in [1.807, 2.05) is 6.07 Å². The van der Waals surface area contributed by atoms with Gasteiger partial charge in [0.1, 0.15) is 23.9 Å². The third-order valence-electron chi connectivity index (χ3n) is 3.07. The smallest absolute Gasteiger partial charge is 0.133 e. The van der Waals surface area contributed by atoms with Crippen LogP contribution in [0.25, 0.3) is 0 Å². The Morgan fingerprint density at radius 1 is 1.24 bits per heavy atom. The molecule has 0 aliphatic heterocycles. The first-order valence-corrected chi connectivity index (χ1v) is 7.23. The average Bonchev–Trinajstić information content (AvgIpc) is 2.45. The molecule has 21 heavy (non-hydrogen) atoms. The second kappa shape index (κ2) is 6.91. The number of benzene rings is 2. The first kappa shape index (κ1) is 15.8. The van der Waals surface area contributed by atoms with Crippen LogP contribution < -0.4 is 9.47 Å². The van der Waals surface area contributed by atoms with Gasteiger partial charge in [-0.2, -0.15) is 0 Å². The van der Waals surface area contributed by atoms with Crippen LogP contribution in [0.3, 0.4) is 0 Å². The van der Waals surface area contributed by atoms with Crippen LogP contribution in [0.1, 0.15) is 24.2 Å². The fraction of sp³-hybridized carbons (Fsp3) is 0.250. The van der Waals surface area contributed by atoms with Crippen LogP contribution in [0.2, 0.25) is 0 Å². The van der Waals surface area contributed by atoms with E-state index in [4.69, 9.17) is 9.47 Å². The summed E-state index contributed by atoms with van der Waals surface area (Å²) in [6.07, 6.45) is -0.659. The van der Waals surface area contributed by atoms with E-state index in [1.54, 1.807) is 31.2 Å². The maximum absolute atomic E-state index is 13.9. The summed E-state index contributed by atoms with van der Waals surface area (Å²) in [5.41, 5.74) is 1.08. The Bertz CT molecular complexity index is 629.